The number of hydrogen-bond donors (Lipinski definition) is 1. The van der Waals surface area contributed by atoms with E-state index in [4.69, 9.17) is 4.98 Å². The number of carbonyl (C=O) groups is 2. The molecule has 0 spiro atoms. The van der Waals surface area contributed by atoms with Crippen LogP contribution in [0.2, 0.25) is 0 Å². The smallest absolute Gasteiger partial charge is 0.252 e. The molecule has 1 aliphatic carbocycles. The minimum Gasteiger partial charge on any atom is -0.351 e. The van der Waals surface area contributed by atoms with Crippen molar-refractivity contribution in [3.8, 4) is 0 Å². The van der Waals surface area contributed by atoms with Gasteiger partial charge in [0.2, 0.25) is 5.91 Å². The molecular weight excluding hydrogens is 338 g/mol. The van der Waals surface area contributed by atoms with Crippen molar-refractivity contribution in [1.82, 2.24) is 15.2 Å². The van der Waals surface area contributed by atoms with Crippen molar-refractivity contribution in [1.29, 1.82) is 0 Å². The number of hydrogen-bond acceptors (Lipinski definition) is 3. The first-order chi connectivity index (χ1) is 13.1. The third-order valence-electron chi connectivity index (χ3n) is 5.82. The lowest BCUT2D eigenvalue weighted by molar-refractivity contribution is -0.129. The van der Waals surface area contributed by atoms with Gasteiger partial charge in [-0.15, -0.1) is 0 Å². The molecule has 2 aromatic rings. The predicted octanol–water partition coefficient (Wildman–Crippen LogP) is 3.10. The quantitative estimate of drug-likeness (QED) is 0.906. The van der Waals surface area contributed by atoms with Gasteiger partial charge in [-0.05, 0) is 49.7 Å². The minimum absolute atomic E-state index is 0.0758. The lowest BCUT2D eigenvalue weighted by Crippen LogP contribution is -2.33. The molecular formula is C22H27N3O2. The Balaban J connectivity index is 1.55. The fourth-order valence-corrected chi connectivity index (χ4v) is 4.32. The molecule has 1 saturated heterocycles. The molecule has 1 unspecified atom stereocenters. The maximum absolute atomic E-state index is 13.1. The topological polar surface area (TPSA) is 62.3 Å². The number of pyridine rings is 1. The van der Waals surface area contributed by atoms with Crippen LogP contribution in [-0.4, -0.2) is 41.3 Å². The molecule has 0 radical (unpaired) electrons. The summed E-state index contributed by atoms with van der Waals surface area (Å²) in [5.74, 6) is 0.625. The molecule has 2 aliphatic rings. The van der Waals surface area contributed by atoms with Crippen LogP contribution in [0.3, 0.4) is 0 Å². The zero-order valence-electron chi connectivity index (χ0n) is 16.0. The Morgan fingerprint density at radius 1 is 1.22 bits per heavy atom. The third-order valence-corrected chi connectivity index (χ3v) is 5.82. The predicted molar refractivity (Wildman–Crippen MR) is 106 cm³/mol. The molecule has 2 amide bonds. The molecule has 1 aromatic carbocycles. The van der Waals surface area contributed by atoms with Gasteiger partial charge in [-0.3, -0.25) is 14.6 Å². The number of nitrogens with zero attached hydrogens (tertiary/aromatic N) is 2. The van der Waals surface area contributed by atoms with Crippen LogP contribution in [0.4, 0.5) is 0 Å². The second-order valence-electron chi connectivity index (χ2n) is 7.87. The van der Waals surface area contributed by atoms with Gasteiger partial charge in [0, 0.05) is 37.1 Å². The number of nitrogens with one attached hydrogen (secondary N) is 1. The summed E-state index contributed by atoms with van der Waals surface area (Å²) in [6, 6.07) is 7.87. The average Bonchev–Trinajstić information content (AvgIpc) is 3.21. The van der Waals surface area contributed by atoms with Crippen molar-refractivity contribution < 1.29 is 9.59 Å². The Labute approximate surface area is 160 Å². The monoisotopic (exact) mass is 365 g/mol. The van der Waals surface area contributed by atoms with E-state index >= 15 is 0 Å². The van der Waals surface area contributed by atoms with Crippen molar-refractivity contribution in [2.75, 3.05) is 19.6 Å². The Kier molecular flexibility index (Phi) is 5.10. The first-order valence-electron chi connectivity index (χ1n) is 10.1. The number of benzene rings is 1. The van der Waals surface area contributed by atoms with E-state index in [1.807, 2.05) is 29.2 Å². The first-order valence-corrected chi connectivity index (χ1v) is 10.1. The third kappa shape index (κ3) is 3.68. The van der Waals surface area contributed by atoms with Crippen LogP contribution in [0.15, 0.2) is 24.3 Å². The van der Waals surface area contributed by atoms with Gasteiger partial charge in [-0.2, -0.15) is 0 Å². The van der Waals surface area contributed by atoms with Crippen LogP contribution in [0, 0.1) is 5.92 Å². The summed E-state index contributed by atoms with van der Waals surface area (Å²) in [6.07, 6.45) is 5.48. The molecule has 142 valence electrons. The number of amides is 2. The van der Waals surface area contributed by atoms with Gasteiger partial charge >= 0.3 is 0 Å². The highest BCUT2D eigenvalue weighted by Crippen LogP contribution is 2.31. The number of aryl methyl sites for hydroxylation is 1. The molecule has 0 bridgehead atoms. The SMILES string of the molecule is CC1CCc2nc3ccccc3c(C(=O)NCCC(=O)N3CCCC3)c2C1. The summed E-state index contributed by atoms with van der Waals surface area (Å²) < 4.78 is 0. The molecule has 5 heteroatoms. The van der Waals surface area contributed by atoms with E-state index in [-0.39, 0.29) is 11.8 Å². The second kappa shape index (κ2) is 7.67. The number of fused-ring (bicyclic) bond motifs is 2. The van der Waals surface area contributed by atoms with Crippen molar-refractivity contribution in [2.24, 2.45) is 5.92 Å². The van der Waals surface area contributed by atoms with E-state index in [1.165, 1.54) is 0 Å². The first kappa shape index (κ1) is 18.0. The van der Waals surface area contributed by atoms with Gasteiger partial charge in [-0.1, -0.05) is 25.1 Å². The summed E-state index contributed by atoms with van der Waals surface area (Å²) in [4.78, 5) is 32.0. The van der Waals surface area contributed by atoms with Gasteiger partial charge in [0.15, 0.2) is 0 Å². The zero-order chi connectivity index (χ0) is 18.8. The molecule has 1 aromatic heterocycles. The van der Waals surface area contributed by atoms with E-state index in [0.717, 1.165) is 72.9 Å². The fraction of sp³-hybridized carbons (Fsp3) is 0.500. The highest BCUT2D eigenvalue weighted by Gasteiger charge is 2.25. The van der Waals surface area contributed by atoms with Crippen molar-refractivity contribution >= 4 is 22.7 Å². The Morgan fingerprint density at radius 3 is 2.81 bits per heavy atom. The maximum Gasteiger partial charge on any atom is 0.252 e. The fourth-order valence-electron chi connectivity index (χ4n) is 4.32. The lowest BCUT2D eigenvalue weighted by atomic mass is 9.84. The van der Waals surface area contributed by atoms with Crippen molar-refractivity contribution in [3.05, 3.63) is 41.1 Å². The van der Waals surface area contributed by atoms with E-state index in [9.17, 15) is 9.59 Å². The van der Waals surface area contributed by atoms with Crippen LogP contribution in [0.25, 0.3) is 10.9 Å². The Morgan fingerprint density at radius 2 is 2.00 bits per heavy atom. The molecule has 27 heavy (non-hydrogen) atoms. The van der Waals surface area contributed by atoms with Crippen molar-refractivity contribution in [2.45, 2.75) is 45.4 Å². The van der Waals surface area contributed by atoms with Crippen LogP contribution in [0.5, 0.6) is 0 Å². The summed E-state index contributed by atoms with van der Waals surface area (Å²) in [6.45, 7) is 4.32. The van der Waals surface area contributed by atoms with Gasteiger partial charge in [-0.25, -0.2) is 0 Å². The second-order valence-corrected chi connectivity index (χ2v) is 7.87. The molecule has 1 N–H and O–H groups in total. The normalized spacial score (nSPS) is 19.1. The Bertz CT molecular complexity index is 871. The van der Waals surface area contributed by atoms with Crippen LogP contribution >= 0.6 is 0 Å². The largest absolute Gasteiger partial charge is 0.351 e. The van der Waals surface area contributed by atoms with Gasteiger partial charge in [0.25, 0.3) is 5.91 Å². The standard InChI is InChI=1S/C22H27N3O2/c1-15-8-9-19-17(14-15)21(16-6-2-3-7-18(16)24-19)22(27)23-11-10-20(26)25-12-4-5-13-25/h2-3,6-7,15H,4-5,8-14H2,1H3,(H,23,27). The summed E-state index contributed by atoms with van der Waals surface area (Å²) in [7, 11) is 0. The molecule has 4 rings (SSSR count). The number of rotatable bonds is 4. The molecule has 0 saturated carbocycles. The number of carbonyl (C=O) groups excluding carboxylic acids is 2. The van der Waals surface area contributed by atoms with Crippen LogP contribution in [0.1, 0.15) is 54.2 Å². The Hall–Kier alpha value is -2.43. The highest BCUT2D eigenvalue weighted by molar-refractivity contribution is 6.07. The van der Waals surface area contributed by atoms with Gasteiger partial charge in [0.05, 0.1) is 11.1 Å². The highest BCUT2D eigenvalue weighted by atomic mass is 16.2. The molecule has 1 fully saturated rings. The number of para-hydroxylation sites is 1. The van der Waals surface area contributed by atoms with Gasteiger partial charge < -0.3 is 10.2 Å². The van der Waals surface area contributed by atoms with Gasteiger partial charge in [0.1, 0.15) is 0 Å². The minimum atomic E-state index is -0.0758. The molecule has 2 heterocycles. The van der Waals surface area contributed by atoms with Crippen LogP contribution in [-0.2, 0) is 17.6 Å². The van der Waals surface area contributed by atoms with E-state index < -0.39 is 0 Å². The summed E-state index contributed by atoms with van der Waals surface area (Å²) in [5, 5.41) is 3.91. The average molecular weight is 365 g/mol. The van der Waals surface area contributed by atoms with Crippen molar-refractivity contribution in [3.63, 3.8) is 0 Å². The maximum atomic E-state index is 13.1. The zero-order valence-corrected chi connectivity index (χ0v) is 16.0. The van der Waals surface area contributed by atoms with Crippen LogP contribution < -0.4 is 5.32 Å². The van der Waals surface area contributed by atoms with E-state index in [2.05, 4.69) is 12.2 Å². The number of likely N-dealkylation sites (tertiary alicyclic amines) is 1. The molecule has 1 aliphatic heterocycles. The van der Waals surface area contributed by atoms with E-state index in [1.54, 1.807) is 0 Å². The number of aromatic nitrogens is 1. The molecule has 1 atom stereocenters. The van der Waals surface area contributed by atoms with E-state index in [0.29, 0.717) is 18.9 Å². The summed E-state index contributed by atoms with van der Waals surface area (Å²) in [5.41, 5.74) is 3.79. The lowest BCUT2D eigenvalue weighted by Gasteiger charge is -2.24. The molecule has 5 nitrogen and oxygen atoms in total. The summed E-state index contributed by atoms with van der Waals surface area (Å²) >= 11 is 0.